The number of nitrogens with one attached hydrogen (secondary N) is 1. The number of carbonyl (C=O) groups is 1. The van der Waals surface area contributed by atoms with Crippen molar-refractivity contribution in [3.8, 4) is 11.5 Å². The van der Waals surface area contributed by atoms with Gasteiger partial charge in [-0.3, -0.25) is 9.69 Å². The van der Waals surface area contributed by atoms with Crippen LogP contribution < -0.4 is 5.32 Å². The number of thioether (sulfide) groups is 1. The fourth-order valence-corrected chi connectivity index (χ4v) is 4.66. The van der Waals surface area contributed by atoms with Crippen molar-refractivity contribution in [1.82, 2.24) is 15.0 Å². The van der Waals surface area contributed by atoms with E-state index in [0.717, 1.165) is 30.9 Å². The van der Waals surface area contributed by atoms with E-state index >= 15 is 0 Å². The van der Waals surface area contributed by atoms with Crippen LogP contribution >= 0.6 is 11.8 Å². The van der Waals surface area contributed by atoms with E-state index in [9.17, 15) is 4.79 Å². The molecule has 0 aliphatic carbocycles. The molecule has 0 unspecified atom stereocenters. The number of benzene rings is 2. The molecule has 6 nitrogen and oxygen atoms in total. The van der Waals surface area contributed by atoms with Gasteiger partial charge in [-0.05, 0) is 36.2 Å². The molecule has 0 bridgehead atoms. The molecule has 0 saturated carbocycles. The second kappa shape index (κ2) is 9.46. The Balaban J connectivity index is 1.51. The van der Waals surface area contributed by atoms with Gasteiger partial charge in [0.05, 0.1) is 11.1 Å². The van der Waals surface area contributed by atoms with Crippen LogP contribution in [0.5, 0.6) is 0 Å². The van der Waals surface area contributed by atoms with Crippen LogP contribution in [-0.4, -0.2) is 45.5 Å². The van der Waals surface area contributed by atoms with Gasteiger partial charge in [-0.25, -0.2) is 0 Å². The molecule has 1 aliphatic heterocycles. The molecule has 1 saturated heterocycles. The highest BCUT2D eigenvalue weighted by atomic mass is 32.2. The summed E-state index contributed by atoms with van der Waals surface area (Å²) >= 11 is 2.02. The minimum atomic E-state index is -0.231. The van der Waals surface area contributed by atoms with Gasteiger partial charge in [0.15, 0.2) is 5.82 Å². The van der Waals surface area contributed by atoms with Crippen LogP contribution in [0.4, 0.5) is 5.69 Å². The Kier molecular flexibility index (Phi) is 6.67. The Morgan fingerprint density at radius 1 is 1.16 bits per heavy atom. The lowest BCUT2D eigenvalue weighted by atomic mass is 9.96. The van der Waals surface area contributed by atoms with E-state index in [4.69, 9.17) is 4.52 Å². The highest BCUT2D eigenvalue weighted by Crippen LogP contribution is 2.27. The second-order valence-electron chi connectivity index (χ2n) is 9.21. The summed E-state index contributed by atoms with van der Waals surface area (Å²) in [7, 11) is 0. The first-order valence-corrected chi connectivity index (χ1v) is 12.1. The van der Waals surface area contributed by atoms with Gasteiger partial charge in [0.25, 0.3) is 11.8 Å². The smallest absolute Gasteiger partial charge is 0.258 e. The highest BCUT2D eigenvalue weighted by molar-refractivity contribution is 7.99. The van der Waals surface area contributed by atoms with Crippen LogP contribution in [0.3, 0.4) is 0 Å². The topological polar surface area (TPSA) is 71.3 Å². The SMILES string of the molecule is Cc1cc(CN2CCSCC2)ccc1NC(=O)c1ccccc1-c1nc(C(C)(C)C)no1. The van der Waals surface area contributed by atoms with Crippen molar-refractivity contribution in [3.63, 3.8) is 0 Å². The number of nitrogens with zero attached hydrogens (tertiary/aromatic N) is 3. The molecule has 2 heterocycles. The third kappa shape index (κ3) is 5.22. The first-order chi connectivity index (χ1) is 15.3. The molecule has 1 amide bonds. The summed E-state index contributed by atoms with van der Waals surface area (Å²) in [4.78, 5) is 20.2. The Labute approximate surface area is 193 Å². The summed E-state index contributed by atoms with van der Waals surface area (Å²) in [5, 5.41) is 7.16. The van der Waals surface area contributed by atoms with E-state index in [1.807, 2.05) is 63.7 Å². The maximum Gasteiger partial charge on any atom is 0.258 e. The van der Waals surface area contributed by atoms with Crippen molar-refractivity contribution < 1.29 is 9.32 Å². The van der Waals surface area contributed by atoms with Crippen molar-refractivity contribution >= 4 is 23.4 Å². The zero-order chi connectivity index (χ0) is 22.7. The lowest BCUT2D eigenvalue weighted by Crippen LogP contribution is -2.31. The second-order valence-corrected chi connectivity index (χ2v) is 10.4. The maximum atomic E-state index is 13.2. The van der Waals surface area contributed by atoms with E-state index in [0.29, 0.717) is 22.8 Å². The van der Waals surface area contributed by atoms with E-state index in [1.54, 1.807) is 6.07 Å². The molecule has 0 radical (unpaired) electrons. The molecule has 3 aromatic rings. The quantitative estimate of drug-likeness (QED) is 0.580. The fraction of sp³-hybridized carbons (Fsp3) is 0.400. The molecule has 7 heteroatoms. The predicted octanol–water partition coefficient (Wildman–Crippen LogP) is 5.14. The third-order valence-corrected chi connectivity index (χ3v) is 6.49. The molecule has 4 rings (SSSR count). The molecule has 0 atom stereocenters. The van der Waals surface area contributed by atoms with Crippen molar-refractivity contribution in [3.05, 3.63) is 65.0 Å². The minimum absolute atomic E-state index is 0.194. The van der Waals surface area contributed by atoms with Crippen molar-refractivity contribution in [2.75, 3.05) is 29.9 Å². The fourth-order valence-electron chi connectivity index (χ4n) is 3.68. The summed E-state index contributed by atoms with van der Waals surface area (Å²) in [5.41, 5.74) is 4.03. The zero-order valence-corrected chi connectivity index (χ0v) is 20.0. The highest BCUT2D eigenvalue weighted by Gasteiger charge is 2.24. The average molecular weight is 451 g/mol. The monoisotopic (exact) mass is 450 g/mol. The van der Waals surface area contributed by atoms with E-state index < -0.39 is 0 Å². The van der Waals surface area contributed by atoms with E-state index in [-0.39, 0.29) is 11.3 Å². The third-order valence-electron chi connectivity index (χ3n) is 5.55. The molecular weight excluding hydrogens is 420 g/mol. The standard InChI is InChI=1S/C25H30N4O2S/c1-17-15-18(16-29-11-13-32-14-12-29)9-10-21(17)26-22(30)19-7-5-6-8-20(19)23-27-24(28-31-23)25(2,3)4/h5-10,15H,11-14,16H2,1-4H3,(H,26,30). The van der Waals surface area contributed by atoms with Crippen LogP contribution in [0, 0.1) is 6.92 Å². The number of hydrogen-bond donors (Lipinski definition) is 1. The van der Waals surface area contributed by atoms with Gasteiger partial charge in [0.2, 0.25) is 0 Å². The molecule has 32 heavy (non-hydrogen) atoms. The van der Waals surface area contributed by atoms with Crippen LogP contribution in [0.2, 0.25) is 0 Å². The number of amides is 1. The van der Waals surface area contributed by atoms with Crippen LogP contribution in [0.1, 0.15) is 48.1 Å². The molecule has 1 aromatic heterocycles. The number of carbonyl (C=O) groups excluding carboxylic acids is 1. The Bertz CT molecular complexity index is 1100. The molecule has 168 valence electrons. The van der Waals surface area contributed by atoms with Gasteiger partial charge in [-0.1, -0.05) is 50.2 Å². The van der Waals surface area contributed by atoms with Gasteiger partial charge in [-0.2, -0.15) is 16.7 Å². The van der Waals surface area contributed by atoms with Crippen molar-refractivity contribution in [1.29, 1.82) is 0 Å². The lowest BCUT2D eigenvalue weighted by Gasteiger charge is -2.26. The first-order valence-electron chi connectivity index (χ1n) is 11.0. The van der Waals surface area contributed by atoms with Crippen molar-refractivity contribution in [2.24, 2.45) is 0 Å². The molecule has 1 N–H and O–H groups in total. The summed E-state index contributed by atoms with van der Waals surface area (Å²) in [6, 6.07) is 13.6. The average Bonchev–Trinajstić information content (AvgIpc) is 3.27. The van der Waals surface area contributed by atoms with E-state index in [1.165, 1.54) is 17.1 Å². The number of anilines is 1. The number of hydrogen-bond acceptors (Lipinski definition) is 6. The largest absolute Gasteiger partial charge is 0.334 e. The number of aryl methyl sites for hydroxylation is 1. The number of rotatable bonds is 5. The Hall–Kier alpha value is -2.64. The molecule has 0 spiro atoms. The maximum absolute atomic E-state index is 13.2. The van der Waals surface area contributed by atoms with Crippen LogP contribution in [0.15, 0.2) is 47.0 Å². The molecule has 1 aliphatic rings. The van der Waals surface area contributed by atoms with Gasteiger partial charge < -0.3 is 9.84 Å². The van der Waals surface area contributed by atoms with Gasteiger partial charge in [0, 0.05) is 42.2 Å². The minimum Gasteiger partial charge on any atom is -0.334 e. The summed E-state index contributed by atoms with van der Waals surface area (Å²) < 4.78 is 5.48. The molecule has 2 aromatic carbocycles. The Morgan fingerprint density at radius 3 is 2.59 bits per heavy atom. The summed E-state index contributed by atoms with van der Waals surface area (Å²) in [6.07, 6.45) is 0. The molecular formula is C25H30N4O2S. The van der Waals surface area contributed by atoms with Gasteiger partial charge in [0.1, 0.15) is 0 Å². The zero-order valence-electron chi connectivity index (χ0n) is 19.1. The Morgan fingerprint density at radius 2 is 1.91 bits per heavy atom. The van der Waals surface area contributed by atoms with Gasteiger partial charge >= 0.3 is 0 Å². The van der Waals surface area contributed by atoms with Gasteiger partial charge in [-0.15, -0.1) is 0 Å². The first kappa shape index (κ1) is 22.6. The lowest BCUT2D eigenvalue weighted by molar-refractivity contribution is 0.102. The normalized spacial score (nSPS) is 15.0. The predicted molar refractivity (Wildman–Crippen MR) is 130 cm³/mol. The van der Waals surface area contributed by atoms with Crippen LogP contribution in [-0.2, 0) is 12.0 Å². The van der Waals surface area contributed by atoms with Crippen molar-refractivity contribution in [2.45, 2.75) is 39.7 Å². The summed E-state index contributed by atoms with van der Waals surface area (Å²) in [5.74, 6) is 3.17. The summed E-state index contributed by atoms with van der Waals surface area (Å²) in [6.45, 7) is 11.3. The van der Waals surface area contributed by atoms with Crippen LogP contribution in [0.25, 0.3) is 11.5 Å². The number of aromatic nitrogens is 2. The van der Waals surface area contributed by atoms with E-state index in [2.05, 4.69) is 32.5 Å². The molecule has 1 fully saturated rings.